The summed E-state index contributed by atoms with van der Waals surface area (Å²) in [6, 6.07) is 13.2. The molecule has 2 aromatic carbocycles. The van der Waals surface area contributed by atoms with Gasteiger partial charge in [-0.1, -0.05) is 24.3 Å². The Balaban J connectivity index is 1.84. The molecular weight excluding hydrogens is 314 g/mol. The molecule has 3 aromatic rings. The lowest BCUT2D eigenvalue weighted by atomic mass is 9.87. The van der Waals surface area contributed by atoms with Crippen LogP contribution < -0.4 is 5.32 Å². The van der Waals surface area contributed by atoms with Crippen molar-refractivity contribution in [3.8, 4) is 11.4 Å². The summed E-state index contributed by atoms with van der Waals surface area (Å²) in [7, 11) is 0. The monoisotopic (exact) mass is 333 g/mol. The number of aryl methyl sites for hydroxylation is 2. The quantitative estimate of drug-likeness (QED) is 0.752. The van der Waals surface area contributed by atoms with Crippen molar-refractivity contribution in [1.29, 1.82) is 0 Å². The first-order valence-corrected chi connectivity index (χ1v) is 8.27. The predicted molar refractivity (Wildman–Crippen MR) is 96.2 cm³/mol. The van der Waals surface area contributed by atoms with Crippen molar-refractivity contribution < 1.29 is 9.90 Å². The predicted octanol–water partition coefficient (Wildman–Crippen LogP) is 3.67. The van der Waals surface area contributed by atoms with E-state index in [1.54, 1.807) is 12.1 Å². The molecule has 4 rings (SSSR count). The lowest BCUT2D eigenvalue weighted by molar-refractivity contribution is -0.116. The van der Waals surface area contributed by atoms with E-state index in [2.05, 4.69) is 28.6 Å². The van der Waals surface area contributed by atoms with Gasteiger partial charge in [-0.2, -0.15) is 5.10 Å². The SMILES string of the molecule is Cc1ccc(C)c(-n2ncc3c2NC(=O)CC3c2ccc(O)cc2)c1. The number of amides is 1. The third-order valence-electron chi connectivity index (χ3n) is 4.71. The minimum absolute atomic E-state index is 0.0300. The number of rotatable bonds is 2. The maximum atomic E-state index is 12.3. The maximum Gasteiger partial charge on any atom is 0.226 e. The average Bonchev–Trinajstić information content (AvgIpc) is 3.00. The molecule has 0 saturated carbocycles. The molecular formula is C20H19N3O2. The highest BCUT2D eigenvalue weighted by atomic mass is 16.3. The average molecular weight is 333 g/mol. The fourth-order valence-corrected chi connectivity index (χ4v) is 3.35. The Morgan fingerprint density at radius 2 is 1.92 bits per heavy atom. The van der Waals surface area contributed by atoms with Crippen LogP contribution in [0.1, 0.15) is 34.6 Å². The van der Waals surface area contributed by atoms with Gasteiger partial charge in [0.15, 0.2) is 0 Å². The molecule has 0 aliphatic carbocycles. The molecule has 2 N–H and O–H groups in total. The van der Waals surface area contributed by atoms with E-state index in [9.17, 15) is 9.90 Å². The van der Waals surface area contributed by atoms with E-state index in [1.807, 2.05) is 36.9 Å². The molecule has 0 bridgehead atoms. The Kier molecular flexibility index (Phi) is 3.57. The maximum absolute atomic E-state index is 12.3. The first-order chi connectivity index (χ1) is 12.0. The zero-order valence-electron chi connectivity index (χ0n) is 14.2. The fraction of sp³-hybridized carbons (Fsp3) is 0.200. The Hall–Kier alpha value is -3.08. The summed E-state index contributed by atoms with van der Waals surface area (Å²) in [6.07, 6.45) is 2.20. The molecule has 1 amide bonds. The van der Waals surface area contributed by atoms with Gasteiger partial charge in [-0.05, 0) is 48.7 Å². The molecule has 2 heterocycles. The first kappa shape index (κ1) is 15.4. The number of aromatic nitrogens is 2. The van der Waals surface area contributed by atoms with Crippen LogP contribution in [0.2, 0.25) is 0 Å². The van der Waals surface area contributed by atoms with E-state index in [0.717, 1.165) is 33.8 Å². The van der Waals surface area contributed by atoms with Crippen LogP contribution in [-0.4, -0.2) is 20.8 Å². The molecule has 1 aliphatic rings. The summed E-state index contributed by atoms with van der Waals surface area (Å²) in [5, 5.41) is 17.0. The van der Waals surface area contributed by atoms with Crippen LogP contribution in [-0.2, 0) is 4.79 Å². The topological polar surface area (TPSA) is 67.2 Å². The summed E-state index contributed by atoms with van der Waals surface area (Å²) < 4.78 is 1.81. The van der Waals surface area contributed by atoms with Crippen LogP contribution in [0.15, 0.2) is 48.7 Å². The second kappa shape index (κ2) is 5.77. The normalized spacial score (nSPS) is 16.4. The number of phenols is 1. The van der Waals surface area contributed by atoms with Gasteiger partial charge in [0.25, 0.3) is 0 Å². The number of fused-ring (bicyclic) bond motifs is 1. The van der Waals surface area contributed by atoms with Gasteiger partial charge in [0, 0.05) is 17.9 Å². The van der Waals surface area contributed by atoms with Gasteiger partial charge >= 0.3 is 0 Å². The van der Waals surface area contributed by atoms with Crippen LogP contribution in [0, 0.1) is 13.8 Å². The van der Waals surface area contributed by atoms with Gasteiger partial charge in [-0.25, -0.2) is 4.68 Å². The van der Waals surface area contributed by atoms with E-state index in [0.29, 0.717) is 6.42 Å². The zero-order valence-corrected chi connectivity index (χ0v) is 14.2. The van der Waals surface area contributed by atoms with Gasteiger partial charge in [0.1, 0.15) is 11.6 Å². The Morgan fingerprint density at radius 1 is 1.16 bits per heavy atom. The van der Waals surface area contributed by atoms with Gasteiger partial charge < -0.3 is 10.4 Å². The third kappa shape index (κ3) is 2.67. The number of hydrogen-bond donors (Lipinski definition) is 2. The minimum atomic E-state index is -0.0665. The molecule has 1 atom stereocenters. The summed E-state index contributed by atoms with van der Waals surface area (Å²) in [5.74, 6) is 0.846. The van der Waals surface area contributed by atoms with Crippen molar-refractivity contribution in [1.82, 2.24) is 9.78 Å². The highest BCUT2D eigenvalue weighted by Gasteiger charge is 2.30. The molecule has 25 heavy (non-hydrogen) atoms. The number of nitrogens with one attached hydrogen (secondary N) is 1. The van der Waals surface area contributed by atoms with Crippen molar-refractivity contribution in [2.45, 2.75) is 26.2 Å². The zero-order chi connectivity index (χ0) is 17.6. The first-order valence-electron chi connectivity index (χ1n) is 8.27. The standard InChI is InChI=1S/C20H19N3O2/c1-12-3-4-13(2)18(9-12)23-20-17(11-21-23)16(10-19(25)22-20)14-5-7-15(24)8-6-14/h3-9,11,16,24H,10H2,1-2H3,(H,22,25). The van der Waals surface area contributed by atoms with E-state index in [-0.39, 0.29) is 17.6 Å². The van der Waals surface area contributed by atoms with Gasteiger partial charge in [-0.15, -0.1) is 0 Å². The fourth-order valence-electron chi connectivity index (χ4n) is 3.35. The molecule has 0 radical (unpaired) electrons. The molecule has 1 unspecified atom stereocenters. The Morgan fingerprint density at radius 3 is 2.68 bits per heavy atom. The summed E-state index contributed by atoms with van der Waals surface area (Å²) in [4.78, 5) is 12.3. The highest BCUT2D eigenvalue weighted by Crippen LogP contribution is 2.38. The van der Waals surface area contributed by atoms with E-state index >= 15 is 0 Å². The molecule has 0 saturated heterocycles. The number of carbonyl (C=O) groups is 1. The van der Waals surface area contributed by atoms with E-state index in [4.69, 9.17) is 0 Å². The van der Waals surface area contributed by atoms with Crippen LogP contribution in [0.5, 0.6) is 5.75 Å². The number of hydrogen-bond acceptors (Lipinski definition) is 3. The summed E-state index contributed by atoms with van der Waals surface area (Å²) in [6.45, 7) is 4.07. The Labute approximate surface area is 145 Å². The lowest BCUT2D eigenvalue weighted by Crippen LogP contribution is -2.24. The van der Waals surface area contributed by atoms with E-state index < -0.39 is 0 Å². The smallest absolute Gasteiger partial charge is 0.226 e. The molecule has 0 fully saturated rings. The van der Waals surface area contributed by atoms with Crippen LogP contribution in [0.3, 0.4) is 0 Å². The van der Waals surface area contributed by atoms with Crippen molar-refractivity contribution in [2.75, 3.05) is 5.32 Å². The number of phenolic OH excluding ortho intramolecular Hbond substituents is 1. The number of anilines is 1. The number of nitrogens with zero attached hydrogens (tertiary/aromatic N) is 2. The number of benzene rings is 2. The van der Waals surface area contributed by atoms with Crippen molar-refractivity contribution >= 4 is 11.7 Å². The van der Waals surface area contributed by atoms with Gasteiger partial charge in [0.05, 0.1) is 11.9 Å². The van der Waals surface area contributed by atoms with Crippen molar-refractivity contribution in [3.63, 3.8) is 0 Å². The number of aromatic hydroxyl groups is 1. The third-order valence-corrected chi connectivity index (χ3v) is 4.71. The molecule has 1 aliphatic heterocycles. The summed E-state index contributed by atoms with van der Waals surface area (Å²) >= 11 is 0. The molecule has 1 aromatic heterocycles. The lowest BCUT2D eigenvalue weighted by Gasteiger charge is -2.24. The molecule has 5 heteroatoms. The Bertz CT molecular complexity index is 958. The van der Waals surface area contributed by atoms with Crippen LogP contribution >= 0.6 is 0 Å². The van der Waals surface area contributed by atoms with Gasteiger partial charge in [0.2, 0.25) is 5.91 Å². The molecule has 126 valence electrons. The molecule has 0 spiro atoms. The second-order valence-corrected chi connectivity index (χ2v) is 6.55. The van der Waals surface area contributed by atoms with E-state index in [1.165, 1.54) is 0 Å². The minimum Gasteiger partial charge on any atom is -0.508 e. The summed E-state index contributed by atoms with van der Waals surface area (Å²) in [5.41, 5.74) is 5.19. The second-order valence-electron chi connectivity index (χ2n) is 6.55. The number of carbonyl (C=O) groups excluding carboxylic acids is 1. The van der Waals surface area contributed by atoms with Gasteiger partial charge in [-0.3, -0.25) is 4.79 Å². The van der Waals surface area contributed by atoms with Crippen LogP contribution in [0.25, 0.3) is 5.69 Å². The highest BCUT2D eigenvalue weighted by molar-refractivity contribution is 5.94. The molecule has 5 nitrogen and oxygen atoms in total. The largest absolute Gasteiger partial charge is 0.508 e. The van der Waals surface area contributed by atoms with Crippen molar-refractivity contribution in [3.05, 3.63) is 70.9 Å². The van der Waals surface area contributed by atoms with Crippen LogP contribution in [0.4, 0.5) is 5.82 Å². The van der Waals surface area contributed by atoms with Crippen molar-refractivity contribution in [2.24, 2.45) is 0 Å².